The van der Waals surface area contributed by atoms with Gasteiger partial charge >= 0.3 is 0 Å². The van der Waals surface area contributed by atoms with Crippen LogP contribution in [-0.4, -0.2) is 0 Å². The van der Waals surface area contributed by atoms with Gasteiger partial charge in [0.1, 0.15) is 24.3 Å². The highest BCUT2D eigenvalue weighted by Crippen LogP contribution is 2.49. The summed E-state index contributed by atoms with van der Waals surface area (Å²) in [6.07, 6.45) is 0. The fraction of sp³-hybridized carbons (Fsp3) is 0. The van der Waals surface area contributed by atoms with Gasteiger partial charge < -0.3 is 0 Å². The molecule has 0 fully saturated rings. The van der Waals surface area contributed by atoms with Gasteiger partial charge in [-0.25, -0.2) is 0 Å². The maximum absolute atomic E-state index is 9.75. The monoisotopic (exact) mass is 430 g/mol. The minimum atomic E-state index is 0.260. The third kappa shape index (κ3) is 2.74. The Balaban J connectivity index is 2.04. The second kappa shape index (κ2) is 7.41. The molecule has 4 nitrogen and oxygen atoms in total. The van der Waals surface area contributed by atoms with Crippen molar-refractivity contribution in [2.75, 3.05) is 0 Å². The summed E-state index contributed by atoms with van der Waals surface area (Å²) in [4.78, 5) is 4.39. The number of hydrogen-bond acceptors (Lipinski definition) is 8. The number of rotatable bonds is 3. The predicted octanol–water partition coefficient (Wildman–Crippen LogP) is 6.42. The summed E-state index contributed by atoms with van der Waals surface area (Å²) in [5.41, 5.74) is 1.16. The lowest BCUT2D eigenvalue weighted by Crippen LogP contribution is -1.84. The van der Waals surface area contributed by atoms with Crippen molar-refractivity contribution in [1.82, 2.24) is 0 Å². The van der Waals surface area contributed by atoms with E-state index in [9.17, 15) is 21.0 Å². The highest BCUT2D eigenvalue weighted by Gasteiger charge is 2.27. The second-order valence-electron chi connectivity index (χ2n) is 5.42. The maximum atomic E-state index is 9.75. The average molecular weight is 431 g/mol. The summed E-state index contributed by atoms with van der Waals surface area (Å²) in [7, 11) is 0. The van der Waals surface area contributed by atoms with Gasteiger partial charge in [0.05, 0.1) is 41.8 Å². The van der Waals surface area contributed by atoms with E-state index in [0.717, 1.165) is 19.5 Å². The molecule has 0 bridgehead atoms. The molecule has 4 rings (SSSR count). The molecular weight excluding hydrogens is 425 g/mol. The summed E-state index contributed by atoms with van der Waals surface area (Å²) in [5.74, 6) is 0. The van der Waals surface area contributed by atoms with E-state index in [1.807, 2.05) is 35.0 Å². The Morgan fingerprint density at radius 1 is 0.536 bits per heavy atom. The third-order valence-electron chi connectivity index (χ3n) is 3.96. The molecule has 8 heteroatoms. The van der Waals surface area contributed by atoms with Crippen LogP contribution in [0.1, 0.15) is 22.3 Å². The zero-order valence-electron chi connectivity index (χ0n) is 13.9. The van der Waals surface area contributed by atoms with Crippen molar-refractivity contribution in [2.24, 2.45) is 0 Å². The SMILES string of the molecule is N#Cc1c(-c2cccs2)sc(-c2sc(-c3cccs3)c(C#N)c2C#N)c1C#N. The first kappa shape index (κ1) is 18.1. The molecule has 0 aliphatic heterocycles. The molecule has 28 heavy (non-hydrogen) atoms. The zero-order chi connectivity index (χ0) is 19.7. The number of hydrogen-bond donors (Lipinski definition) is 0. The minimum absolute atomic E-state index is 0.260. The van der Waals surface area contributed by atoms with Crippen LogP contribution >= 0.6 is 45.3 Å². The lowest BCUT2D eigenvalue weighted by molar-refractivity contribution is 1.45. The fourth-order valence-electron chi connectivity index (χ4n) is 2.77. The van der Waals surface area contributed by atoms with Gasteiger partial charge in [-0.3, -0.25) is 0 Å². The van der Waals surface area contributed by atoms with Crippen LogP contribution in [0.4, 0.5) is 0 Å². The van der Waals surface area contributed by atoms with Gasteiger partial charge in [0.15, 0.2) is 0 Å². The normalized spacial score (nSPS) is 10.0. The third-order valence-corrected chi connectivity index (χ3v) is 8.60. The number of nitrogens with zero attached hydrogens (tertiary/aromatic N) is 4. The van der Waals surface area contributed by atoms with Crippen molar-refractivity contribution < 1.29 is 0 Å². The maximum Gasteiger partial charge on any atom is 0.102 e. The molecule has 0 aliphatic carbocycles. The first-order valence-corrected chi connectivity index (χ1v) is 11.1. The molecule has 0 saturated carbocycles. The van der Waals surface area contributed by atoms with Crippen molar-refractivity contribution in [1.29, 1.82) is 21.0 Å². The van der Waals surface area contributed by atoms with E-state index >= 15 is 0 Å². The molecule has 4 aromatic rings. The van der Waals surface area contributed by atoms with Crippen molar-refractivity contribution in [2.45, 2.75) is 0 Å². The Kier molecular flexibility index (Phi) is 4.80. The largest absolute Gasteiger partial charge is 0.192 e. The van der Waals surface area contributed by atoms with Gasteiger partial charge in [0.2, 0.25) is 0 Å². The second-order valence-corrected chi connectivity index (χ2v) is 9.36. The summed E-state index contributed by atoms with van der Waals surface area (Å²) in [6, 6.07) is 16.2. The Morgan fingerprint density at radius 2 is 0.893 bits per heavy atom. The first-order chi connectivity index (χ1) is 13.7. The van der Waals surface area contributed by atoms with Crippen LogP contribution in [0.25, 0.3) is 29.3 Å². The van der Waals surface area contributed by atoms with Gasteiger partial charge in [-0.05, 0) is 22.9 Å². The van der Waals surface area contributed by atoms with Crippen LogP contribution in [0.5, 0.6) is 0 Å². The topological polar surface area (TPSA) is 95.2 Å². The van der Waals surface area contributed by atoms with Gasteiger partial charge in [-0.15, -0.1) is 45.3 Å². The van der Waals surface area contributed by atoms with Gasteiger partial charge in [-0.2, -0.15) is 21.0 Å². The lowest BCUT2D eigenvalue weighted by Gasteiger charge is -1.94. The van der Waals surface area contributed by atoms with E-state index in [4.69, 9.17) is 0 Å². The summed E-state index contributed by atoms with van der Waals surface area (Å²) in [5, 5.41) is 42.7. The standard InChI is InChI=1S/C20H6N4S4/c21-7-11-13(9-23)19(27-17(11)15-3-1-5-25-15)20-14(10-24)12(8-22)18(28-20)16-4-2-6-26-16/h1-6H. The van der Waals surface area contributed by atoms with Crippen LogP contribution in [0.2, 0.25) is 0 Å². The molecular formula is C20H6N4S4. The highest BCUT2D eigenvalue weighted by atomic mass is 32.1. The fourth-order valence-corrected chi connectivity index (χ4v) is 7.03. The summed E-state index contributed by atoms with van der Waals surface area (Å²) < 4.78 is 0. The first-order valence-electron chi connectivity index (χ1n) is 7.75. The zero-order valence-corrected chi connectivity index (χ0v) is 17.2. The smallest absolute Gasteiger partial charge is 0.102 e. The molecule has 0 spiro atoms. The van der Waals surface area contributed by atoms with E-state index in [1.54, 1.807) is 0 Å². The molecule has 0 aliphatic rings. The molecule has 0 unspecified atom stereocenters. The van der Waals surface area contributed by atoms with Crippen LogP contribution in [0.15, 0.2) is 35.0 Å². The Labute approximate surface area is 176 Å². The van der Waals surface area contributed by atoms with Crippen LogP contribution < -0.4 is 0 Å². The van der Waals surface area contributed by atoms with Crippen molar-refractivity contribution >= 4 is 45.3 Å². The molecule has 4 aromatic heterocycles. The number of nitriles is 4. The van der Waals surface area contributed by atoms with E-state index in [2.05, 4.69) is 24.3 Å². The highest BCUT2D eigenvalue weighted by molar-refractivity contribution is 7.28. The van der Waals surface area contributed by atoms with E-state index in [1.165, 1.54) is 45.3 Å². The van der Waals surface area contributed by atoms with Crippen molar-refractivity contribution in [3.63, 3.8) is 0 Å². The molecule has 0 aromatic carbocycles. The molecule has 0 N–H and O–H groups in total. The molecule has 0 saturated heterocycles. The minimum Gasteiger partial charge on any atom is -0.192 e. The quantitative estimate of drug-likeness (QED) is 0.374. The van der Waals surface area contributed by atoms with Crippen LogP contribution in [0.3, 0.4) is 0 Å². The average Bonchev–Trinajstić information content (AvgIpc) is 3.51. The Bertz CT molecular complexity index is 1240. The van der Waals surface area contributed by atoms with Gasteiger partial charge in [0.25, 0.3) is 0 Å². The van der Waals surface area contributed by atoms with Crippen LogP contribution in [-0.2, 0) is 0 Å². The molecule has 0 amide bonds. The lowest BCUT2D eigenvalue weighted by atomic mass is 10.1. The van der Waals surface area contributed by atoms with E-state index in [0.29, 0.717) is 20.9 Å². The van der Waals surface area contributed by atoms with Gasteiger partial charge in [0, 0.05) is 9.75 Å². The predicted molar refractivity (Wildman–Crippen MR) is 113 cm³/mol. The molecule has 0 radical (unpaired) electrons. The Hall–Kier alpha value is -3.24. The van der Waals surface area contributed by atoms with E-state index in [-0.39, 0.29) is 11.1 Å². The van der Waals surface area contributed by atoms with Crippen molar-refractivity contribution in [3.8, 4) is 53.5 Å². The van der Waals surface area contributed by atoms with Crippen LogP contribution in [0, 0.1) is 45.3 Å². The number of thiophene rings is 4. The summed E-state index contributed by atoms with van der Waals surface area (Å²) in [6.45, 7) is 0. The van der Waals surface area contributed by atoms with Crippen molar-refractivity contribution in [3.05, 3.63) is 57.3 Å². The molecule has 0 atom stereocenters. The molecule has 130 valence electrons. The summed E-state index contributed by atoms with van der Waals surface area (Å²) >= 11 is 5.63. The molecule has 4 heterocycles. The van der Waals surface area contributed by atoms with E-state index < -0.39 is 0 Å². The Morgan fingerprint density at radius 3 is 1.18 bits per heavy atom. The van der Waals surface area contributed by atoms with Gasteiger partial charge in [-0.1, -0.05) is 12.1 Å².